The number of nitrogens with one attached hydrogen (secondary N) is 4. The summed E-state index contributed by atoms with van der Waals surface area (Å²) in [5, 5.41) is 17.3. The first-order valence-corrected chi connectivity index (χ1v) is 27.8. The number of ether oxygens (including phenoxy) is 1. The molecule has 0 bridgehead atoms. The van der Waals surface area contributed by atoms with E-state index in [1.54, 1.807) is 61.9 Å². The normalized spacial score (nSPS) is 16.0. The van der Waals surface area contributed by atoms with Gasteiger partial charge in [0.2, 0.25) is 23.7 Å². The molecule has 3 aromatic carbocycles. The van der Waals surface area contributed by atoms with Crippen molar-refractivity contribution < 1.29 is 33.3 Å². The number of aromatic nitrogens is 6. The number of nitrogens with zero attached hydrogens (tertiary/aromatic N) is 9. The first-order chi connectivity index (χ1) is 35.2. The molecular formula is C51H57BrN13O7P. The largest absolute Gasteiger partial charge is 0.494 e. The van der Waals surface area contributed by atoms with Gasteiger partial charge in [-0.1, -0.05) is 31.7 Å². The topological polar surface area (TPSA) is 239 Å². The molecule has 4 N–H and O–H groups in total. The number of halogens is 1. The Morgan fingerprint density at radius 1 is 0.863 bits per heavy atom. The summed E-state index contributed by atoms with van der Waals surface area (Å²) in [6.07, 6.45) is 14.8. The van der Waals surface area contributed by atoms with Crippen molar-refractivity contribution in [1.82, 2.24) is 44.8 Å². The zero-order chi connectivity index (χ0) is 51.4. The van der Waals surface area contributed by atoms with E-state index in [1.165, 1.54) is 0 Å². The highest BCUT2D eigenvalue weighted by Gasteiger charge is 2.45. The summed E-state index contributed by atoms with van der Waals surface area (Å²) < 4.78 is 21.9. The Bertz CT molecular complexity index is 3170. The van der Waals surface area contributed by atoms with Crippen molar-refractivity contribution in [2.24, 2.45) is 7.05 Å². The number of methoxy groups -OCH3 is 1. The number of carbonyl (C=O) groups is 5. The average Bonchev–Trinajstić information content (AvgIpc) is 3.92. The van der Waals surface area contributed by atoms with Gasteiger partial charge in [-0.2, -0.15) is 10.1 Å². The Balaban J connectivity index is 0.763. The Morgan fingerprint density at radius 2 is 1.63 bits per heavy atom. The number of piperidine rings is 1. The zero-order valence-electron chi connectivity index (χ0n) is 41.1. The molecule has 3 aliphatic heterocycles. The van der Waals surface area contributed by atoms with Gasteiger partial charge in [-0.25, -0.2) is 4.98 Å². The monoisotopic (exact) mass is 1070 g/mol. The van der Waals surface area contributed by atoms with Crippen LogP contribution in [0.15, 0.2) is 77.9 Å². The van der Waals surface area contributed by atoms with E-state index in [4.69, 9.17) is 9.72 Å². The Kier molecular flexibility index (Phi) is 15.2. The van der Waals surface area contributed by atoms with Gasteiger partial charge in [-0.15, -0.1) is 0 Å². The molecule has 2 saturated heterocycles. The number of carbonyl (C=O) groups excluding carboxylic acids is 5. The van der Waals surface area contributed by atoms with Gasteiger partial charge in [0, 0.05) is 106 Å². The van der Waals surface area contributed by atoms with Gasteiger partial charge in [0.15, 0.2) is 0 Å². The summed E-state index contributed by atoms with van der Waals surface area (Å²) in [4.78, 5) is 87.6. The van der Waals surface area contributed by atoms with Crippen molar-refractivity contribution in [3.05, 3.63) is 89.0 Å². The molecule has 1 unspecified atom stereocenters. The van der Waals surface area contributed by atoms with E-state index in [-0.39, 0.29) is 29.9 Å². The lowest BCUT2D eigenvalue weighted by Crippen LogP contribution is -2.54. The maximum atomic E-state index is 13.6. The Morgan fingerprint density at radius 3 is 2.37 bits per heavy atom. The molecule has 0 aliphatic carbocycles. The van der Waals surface area contributed by atoms with Crippen LogP contribution in [0.4, 0.5) is 34.5 Å². The predicted molar refractivity (Wildman–Crippen MR) is 283 cm³/mol. The van der Waals surface area contributed by atoms with E-state index in [9.17, 15) is 28.5 Å². The van der Waals surface area contributed by atoms with Gasteiger partial charge >= 0.3 is 0 Å². The molecule has 73 heavy (non-hydrogen) atoms. The molecule has 6 heterocycles. The second-order valence-electron chi connectivity index (χ2n) is 18.7. The SMILES string of the molecule is COc1cc(N2CCN(C(=O)CCCCCCCCNc3cccc4c3C(=O)N(C3CCC(=O)NC3=O)C4=O)CC2)c(-c2cnn(C)c2)cc1Nc1ncc(Br)c(Nc2ccc3nccnc3c2P(C)(C)=O)n1. The number of aryl methyl sites for hydroxylation is 1. The minimum absolute atomic E-state index is 0.0684. The van der Waals surface area contributed by atoms with Gasteiger partial charge in [-0.3, -0.25) is 48.8 Å². The van der Waals surface area contributed by atoms with Crippen LogP contribution in [-0.2, 0) is 26.0 Å². The van der Waals surface area contributed by atoms with Crippen LogP contribution in [0.3, 0.4) is 0 Å². The van der Waals surface area contributed by atoms with E-state index in [1.807, 2.05) is 48.6 Å². The van der Waals surface area contributed by atoms with Crippen molar-refractivity contribution >= 4 is 103 Å². The third-order valence-electron chi connectivity index (χ3n) is 13.3. The number of anilines is 6. The summed E-state index contributed by atoms with van der Waals surface area (Å²) in [5.74, 6) is -0.629. The maximum absolute atomic E-state index is 13.6. The summed E-state index contributed by atoms with van der Waals surface area (Å²) in [5.41, 5.74) is 6.27. The minimum atomic E-state index is -2.83. The molecule has 0 saturated carbocycles. The number of hydrogen-bond acceptors (Lipinski definition) is 16. The number of rotatable bonds is 19. The molecule has 0 spiro atoms. The fourth-order valence-corrected chi connectivity index (χ4v) is 11.4. The third kappa shape index (κ3) is 11.1. The number of hydrogen-bond donors (Lipinski definition) is 4. The maximum Gasteiger partial charge on any atom is 0.264 e. The van der Waals surface area contributed by atoms with Gasteiger partial charge < -0.3 is 35.1 Å². The highest BCUT2D eigenvalue weighted by molar-refractivity contribution is 9.10. The van der Waals surface area contributed by atoms with Crippen LogP contribution in [0.25, 0.3) is 22.2 Å². The number of benzene rings is 3. The molecule has 380 valence electrons. The van der Waals surface area contributed by atoms with Crippen molar-refractivity contribution in [3.8, 4) is 16.9 Å². The van der Waals surface area contributed by atoms with Crippen molar-refractivity contribution in [2.75, 3.05) is 74.0 Å². The van der Waals surface area contributed by atoms with Gasteiger partial charge in [0.1, 0.15) is 30.3 Å². The molecule has 5 amide bonds. The molecule has 22 heteroatoms. The summed E-state index contributed by atoms with van der Waals surface area (Å²) in [6.45, 7) is 6.44. The summed E-state index contributed by atoms with van der Waals surface area (Å²) >= 11 is 3.59. The van der Waals surface area contributed by atoms with Crippen LogP contribution in [0, 0.1) is 0 Å². The lowest BCUT2D eigenvalue weighted by Gasteiger charge is -2.37. The zero-order valence-corrected chi connectivity index (χ0v) is 43.6. The van der Waals surface area contributed by atoms with Crippen LogP contribution in [0.2, 0.25) is 0 Å². The third-order valence-corrected chi connectivity index (χ3v) is 15.4. The lowest BCUT2D eigenvalue weighted by atomic mass is 10.0. The van der Waals surface area contributed by atoms with E-state index in [0.29, 0.717) is 94.5 Å². The highest BCUT2D eigenvalue weighted by Crippen LogP contribution is 2.43. The number of fused-ring (bicyclic) bond motifs is 2. The van der Waals surface area contributed by atoms with Crippen molar-refractivity contribution in [2.45, 2.75) is 63.8 Å². The molecule has 6 aromatic rings. The first kappa shape index (κ1) is 50.7. The van der Waals surface area contributed by atoms with E-state index in [2.05, 4.69) is 62.1 Å². The average molecular weight is 1070 g/mol. The number of amides is 5. The number of imide groups is 2. The smallest absolute Gasteiger partial charge is 0.264 e. The Labute approximate surface area is 430 Å². The van der Waals surface area contributed by atoms with Crippen molar-refractivity contribution in [1.29, 1.82) is 0 Å². The van der Waals surface area contributed by atoms with Gasteiger partial charge in [0.25, 0.3) is 11.8 Å². The van der Waals surface area contributed by atoms with Gasteiger partial charge in [-0.05, 0) is 78.9 Å². The molecule has 2 fully saturated rings. The van der Waals surface area contributed by atoms with Crippen LogP contribution >= 0.6 is 23.1 Å². The Hall–Kier alpha value is -7.25. The van der Waals surface area contributed by atoms with E-state index in [0.717, 1.165) is 60.2 Å². The highest BCUT2D eigenvalue weighted by atomic mass is 79.9. The van der Waals surface area contributed by atoms with Crippen LogP contribution in [0.1, 0.15) is 78.5 Å². The molecule has 1 atom stereocenters. The lowest BCUT2D eigenvalue weighted by molar-refractivity contribution is -0.136. The van der Waals surface area contributed by atoms with Crippen LogP contribution in [0.5, 0.6) is 5.75 Å². The molecule has 9 rings (SSSR count). The molecule has 3 aliphatic rings. The molecular weight excluding hydrogens is 1020 g/mol. The standard InChI is InChI=1S/C51H57BrN13O7P/c1-62-30-31(28-57-62)33-26-38(59-51-56-29-34(52)47(61-51)58-37-16-15-36-45(55-21-20-54-36)46(37)73(3,4)71)41(72-2)27-40(33)63-22-24-64(25-23-63)43(67)14-9-7-5-6-8-10-19-53-35-13-11-12-32-44(35)50(70)65(49(32)69)39-17-18-42(66)60-48(39)68/h11-13,15-16,20-21,26-30,39,53H,5-10,14,17-19,22-25H2,1-4H3,(H,60,66,68)(H2,56,58,59,61). The quantitative estimate of drug-likeness (QED) is 0.0356. The van der Waals surface area contributed by atoms with E-state index < -0.39 is 36.8 Å². The molecule has 0 radical (unpaired) electrons. The molecule has 3 aromatic heterocycles. The predicted octanol–water partition coefficient (Wildman–Crippen LogP) is 7.22. The van der Waals surface area contributed by atoms with Crippen molar-refractivity contribution in [3.63, 3.8) is 0 Å². The first-order valence-electron chi connectivity index (χ1n) is 24.4. The summed E-state index contributed by atoms with van der Waals surface area (Å²) in [7, 11) is 0.661. The second-order valence-corrected chi connectivity index (χ2v) is 22.7. The fraction of sp³-hybridized carbons (Fsp3) is 0.373. The van der Waals surface area contributed by atoms with Crippen LogP contribution < -0.4 is 36.2 Å². The number of unbranched alkanes of at least 4 members (excludes halogenated alkanes) is 5. The number of piperazine rings is 1. The van der Waals surface area contributed by atoms with Crippen LogP contribution in [-0.4, -0.2) is 128 Å². The fourth-order valence-electron chi connectivity index (χ4n) is 9.67. The van der Waals surface area contributed by atoms with Gasteiger partial charge in [0.05, 0.1) is 51.1 Å². The molecule has 20 nitrogen and oxygen atoms in total. The second kappa shape index (κ2) is 21.8. The van der Waals surface area contributed by atoms with E-state index >= 15 is 0 Å². The summed E-state index contributed by atoms with van der Waals surface area (Å²) in [6, 6.07) is 11.7. The minimum Gasteiger partial charge on any atom is -0.494 e.